The van der Waals surface area contributed by atoms with Crippen molar-refractivity contribution in [1.82, 2.24) is 5.48 Å². The van der Waals surface area contributed by atoms with Gasteiger partial charge in [0.1, 0.15) is 0 Å². The molecule has 0 heterocycles. The molecule has 2 atom stereocenters. The second-order valence-corrected chi connectivity index (χ2v) is 5.91. The highest BCUT2D eigenvalue weighted by Crippen LogP contribution is 2.38. The van der Waals surface area contributed by atoms with Crippen LogP contribution in [0.4, 0.5) is 0 Å². The maximum absolute atomic E-state index is 5.56. The molecule has 0 spiro atoms. The van der Waals surface area contributed by atoms with Crippen LogP contribution in [0.25, 0.3) is 0 Å². The molecule has 106 valence electrons. The smallest absolute Gasteiger partial charge is 0.0915 e. The molecule has 0 saturated heterocycles. The number of nitrogens with one attached hydrogen (secondary N) is 1. The van der Waals surface area contributed by atoms with Crippen LogP contribution in [0.1, 0.15) is 57.8 Å². The molecule has 0 aromatic carbocycles. The Kier molecular flexibility index (Phi) is 6.46. The fourth-order valence-corrected chi connectivity index (χ4v) is 3.72. The lowest BCUT2D eigenvalue weighted by molar-refractivity contribution is -0.0401. The van der Waals surface area contributed by atoms with Crippen molar-refractivity contribution in [2.75, 3.05) is 20.3 Å². The summed E-state index contributed by atoms with van der Waals surface area (Å²) in [4.78, 5) is 5.56. The zero-order valence-electron chi connectivity index (χ0n) is 11.8. The Hall–Kier alpha value is -0.120. The van der Waals surface area contributed by atoms with Gasteiger partial charge in [-0.15, -0.1) is 0 Å². The standard InChI is InChI=1S/C15H29NO2/c1-17-11-12-18-16-15-10-6-5-9-14(15)13-7-3-2-4-8-13/h13-16H,2-12H2,1H3. The lowest BCUT2D eigenvalue weighted by Gasteiger charge is -2.39. The summed E-state index contributed by atoms with van der Waals surface area (Å²) < 4.78 is 5.01. The van der Waals surface area contributed by atoms with Crippen molar-refractivity contribution < 1.29 is 9.57 Å². The summed E-state index contributed by atoms with van der Waals surface area (Å²) in [5.41, 5.74) is 3.32. The summed E-state index contributed by atoms with van der Waals surface area (Å²) in [5, 5.41) is 0. The van der Waals surface area contributed by atoms with Crippen molar-refractivity contribution in [2.24, 2.45) is 11.8 Å². The zero-order valence-corrected chi connectivity index (χ0v) is 11.8. The topological polar surface area (TPSA) is 30.5 Å². The molecule has 2 aliphatic carbocycles. The van der Waals surface area contributed by atoms with E-state index in [-0.39, 0.29) is 0 Å². The highest BCUT2D eigenvalue weighted by atomic mass is 16.7. The summed E-state index contributed by atoms with van der Waals surface area (Å²) in [6.07, 6.45) is 12.7. The van der Waals surface area contributed by atoms with Crippen molar-refractivity contribution in [3.8, 4) is 0 Å². The van der Waals surface area contributed by atoms with E-state index in [0.29, 0.717) is 19.3 Å². The highest BCUT2D eigenvalue weighted by Gasteiger charge is 2.32. The van der Waals surface area contributed by atoms with Gasteiger partial charge in [-0.3, -0.25) is 4.84 Å². The van der Waals surface area contributed by atoms with E-state index in [0.717, 1.165) is 11.8 Å². The minimum absolute atomic E-state index is 0.582. The highest BCUT2D eigenvalue weighted by molar-refractivity contribution is 4.85. The third-order valence-corrected chi connectivity index (χ3v) is 4.70. The van der Waals surface area contributed by atoms with Gasteiger partial charge in [0.05, 0.1) is 13.2 Å². The van der Waals surface area contributed by atoms with Gasteiger partial charge < -0.3 is 4.74 Å². The first-order chi connectivity index (χ1) is 8.92. The lowest BCUT2D eigenvalue weighted by atomic mass is 9.71. The molecule has 2 rings (SSSR count). The van der Waals surface area contributed by atoms with Crippen LogP contribution in [0.5, 0.6) is 0 Å². The van der Waals surface area contributed by atoms with Gasteiger partial charge in [0.2, 0.25) is 0 Å². The van der Waals surface area contributed by atoms with E-state index in [9.17, 15) is 0 Å². The minimum atomic E-state index is 0.582. The largest absolute Gasteiger partial charge is 0.382 e. The molecule has 0 aliphatic heterocycles. The number of hydrogen-bond donors (Lipinski definition) is 1. The zero-order chi connectivity index (χ0) is 12.6. The van der Waals surface area contributed by atoms with E-state index < -0.39 is 0 Å². The summed E-state index contributed by atoms with van der Waals surface area (Å²) in [6, 6.07) is 0.582. The summed E-state index contributed by atoms with van der Waals surface area (Å²) in [6.45, 7) is 1.33. The predicted molar refractivity (Wildman–Crippen MR) is 73.3 cm³/mol. The average Bonchev–Trinajstić information content (AvgIpc) is 2.45. The minimum Gasteiger partial charge on any atom is -0.382 e. The molecule has 3 nitrogen and oxygen atoms in total. The van der Waals surface area contributed by atoms with Crippen LogP contribution < -0.4 is 5.48 Å². The maximum atomic E-state index is 5.56. The Morgan fingerprint density at radius 1 is 0.889 bits per heavy atom. The predicted octanol–water partition coefficient (Wildman–Crippen LogP) is 3.29. The summed E-state index contributed by atoms with van der Waals surface area (Å²) in [5.74, 6) is 1.80. The van der Waals surface area contributed by atoms with Gasteiger partial charge in [0.15, 0.2) is 0 Å². The van der Waals surface area contributed by atoms with Crippen molar-refractivity contribution in [1.29, 1.82) is 0 Å². The fraction of sp³-hybridized carbons (Fsp3) is 1.00. The monoisotopic (exact) mass is 255 g/mol. The van der Waals surface area contributed by atoms with Crippen LogP contribution in [0.2, 0.25) is 0 Å². The van der Waals surface area contributed by atoms with Crippen LogP contribution in [0.3, 0.4) is 0 Å². The molecule has 18 heavy (non-hydrogen) atoms. The van der Waals surface area contributed by atoms with Crippen molar-refractivity contribution >= 4 is 0 Å². The number of methoxy groups -OCH3 is 1. The first-order valence-corrected chi connectivity index (χ1v) is 7.78. The van der Waals surface area contributed by atoms with E-state index in [1.54, 1.807) is 7.11 Å². The molecule has 0 aromatic rings. The molecule has 0 amide bonds. The molecule has 3 heteroatoms. The Balaban J connectivity index is 1.77. The number of ether oxygens (including phenoxy) is 1. The number of hydroxylamine groups is 1. The third-order valence-electron chi connectivity index (χ3n) is 4.70. The Morgan fingerprint density at radius 3 is 2.39 bits per heavy atom. The third kappa shape index (κ3) is 4.22. The van der Waals surface area contributed by atoms with E-state index in [1.165, 1.54) is 57.8 Å². The van der Waals surface area contributed by atoms with Crippen molar-refractivity contribution in [2.45, 2.75) is 63.8 Å². The second-order valence-electron chi connectivity index (χ2n) is 5.91. The molecule has 2 saturated carbocycles. The maximum Gasteiger partial charge on any atom is 0.0915 e. The van der Waals surface area contributed by atoms with E-state index in [2.05, 4.69) is 5.48 Å². The first-order valence-electron chi connectivity index (χ1n) is 7.78. The van der Waals surface area contributed by atoms with Gasteiger partial charge in [-0.2, -0.15) is 5.48 Å². The van der Waals surface area contributed by atoms with E-state index in [4.69, 9.17) is 9.57 Å². The lowest BCUT2D eigenvalue weighted by Crippen LogP contribution is -2.42. The SMILES string of the molecule is COCCONC1CCCCC1C1CCCCC1. The first kappa shape index (κ1) is 14.3. The van der Waals surface area contributed by atoms with E-state index in [1.807, 2.05) is 0 Å². The van der Waals surface area contributed by atoms with Crippen molar-refractivity contribution in [3.05, 3.63) is 0 Å². The normalized spacial score (nSPS) is 30.5. The molecule has 0 radical (unpaired) electrons. The fourth-order valence-electron chi connectivity index (χ4n) is 3.72. The van der Waals surface area contributed by atoms with Crippen LogP contribution in [0.15, 0.2) is 0 Å². The van der Waals surface area contributed by atoms with Crippen LogP contribution in [-0.4, -0.2) is 26.4 Å². The Bertz CT molecular complexity index is 217. The molecule has 0 aromatic heterocycles. The van der Waals surface area contributed by atoms with Gasteiger partial charge in [-0.1, -0.05) is 44.9 Å². The van der Waals surface area contributed by atoms with Gasteiger partial charge >= 0.3 is 0 Å². The van der Waals surface area contributed by atoms with Crippen LogP contribution in [0, 0.1) is 11.8 Å². The van der Waals surface area contributed by atoms with Gasteiger partial charge in [-0.25, -0.2) is 0 Å². The second kappa shape index (κ2) is 8.13. The molecule has 2 fully saturated rings. The van der Waals surface area contributed by atoms with Gasteiger partial charge in [0, 0.05) is 13.2 Å². The molecular weight excluding hydrogens is 226 g/mol. The number of rotatable bonds is 6. The number of hydrogen-bond acceptors (Lipinski definition) is 3. The van der Waals surface area contributed by atoms with Crippen molar-refractivity contribution in [3.63, 3.8) is 0 Å². The average molecular weight is 255 g/mol. The summed E-state index contributed by atoms with van der Waals surface area (Å²) in [7, 11) is 1.72. The quantitative estimate of drug-likeness (QED) is 0.583. The van der Waals surface area contributed by atoms with Crippen LogP contribution in [-0.2, 0) is 9.57 Å². The Labute approximate surface area is 112 Å². The van der Waals surface area contributed by atoms with E-state index >= 15 is 0 Å². The molecule has 2 aliphatic rings. The molecule has 1 N–H and O–H groups in total. The molecule has 0 bridgehead atoms. The summed E-state index contributed by atoms with van der Waals surface area (Å²) >= 11 is 0. The molecule has 2 unspecified atom stereocenters. The molecular formula is C15H29NO2. The van der Waals surface area contributed by atoms with Gasteiger partial charge in [0.25, 0.3) is 0 Å². The van der Waals surface area contributed by atoms with Gasteiger partial charge in [-0.05, 0) is 24.7 Å². The van der Waals surface area contributed by atoms with Crippen LogP contribution >= 0.6 is 0 Å². The Morgan fingerprint density at radius 2 is 1.61 bits per heavy atom.